The van der Waals surface area contributed by atoms with Gasteiger partial charge in [-0.05, 0) is 40.8 Å². The summed E-state index contributed by atoms with van der Waals surface area (Å²) in [6, 6.07) is 29.3. The minimum Gasteiger partial charge on any atom is -0.288 e. The molecule has 128 valence electrons. The second kappa shape index (κ2) is 8.77. The van der Waals surface area contributed by atoms with Crippen molar-refractivity contribution in [3.63, 3.8) is 0 Å². The lowest BCUT2D eigenvalue weighted by Gasteiger charge is -2.11. The zero-order valence-electron chi connectivity index (χ0n) is 15.3. The van der Waals surface area contributed by atoms with Crippen molar-refractivity contribution in [1.82, 2.24) is 0 Å². The van der Waals surface area contributed by atoms with E-state index in [0.29, 0.717) is 0 Å². The molecule has 0 bridgehead atoms. The van der Waals surface area contributed by atoms with E-state index >= 15 is 0 Å². The fraction of sp³-hybridized carbons (Fsp3) is 0.0800. The average molecular weight is 337 g/mol. The third-order valence-electron chi connectivity index (χ3n) is 4.37. The second-order valence-corrected chi connectivity index (χ2v) is 5.96. The van der Waals surface area contributed by atoms with Gasteiger partial charge in [-0.2, -0.15) is 0 Å². The maximum atomic E-state index is 4.44. The smallest absolute Gasteiger partial charge is 0.0643 e. The molecule has 0 saturated carbocycles. The first kappa shape index (κ1) is 17.6. The molecule has 0 saturated heterocycles. The molecule has 3 aromatic carbocycles. The monoisotopic (exact) mass is 337 g/mol. The predicted octanol–water partition coefficient (Wildman–Crippen LogP) is 6.43. The summed E-state index contributed by atoms with van der Waals surface area (Å²) in [6.07, 6.45) is 6.39. The van der Waals surface area contributed by atoms with Gasteiger partial charge in [0.2, 0.25) is 0 Å². The van der Waals surface area contributed by atoms with E-state index in [1.807, 2.05) is 31.3 Å². The fourth-order valence-electron chi connectivity index (χ4n) is 3.02. The fourth-order valence-corrected chi connectivity index (χ4v) is 3.02. The summed E-state index contributed by atoms with van der Waals surface area (Å²) in [5.74, 6) is 0. The van der Waals surface area contributed by atoms with E-state index in [1.165, 1.54) is 22.3 Å². The maximum Gasteiger partial charge on any atom is 0.0643 e. The Morgan fingerprint density at radius 3 is 2.00 bits per heavy atom. The topological polar surface area (TPSA) is 12.4 Å². The van der Waals surface area contributed by atoms with Crippen LogP contribution in [0.15, 0.2) is 108 Å². The molecule has 1 heteroatoms. The number of nitrogens with zero attached hydrogens (tertiary/aromatic N) is 1. The molecule has 0 amide bonds. The van der Waals surface area contributed by atoms with Crippen LogP contribution in [0.2, 0.25) is 0 Å². The summed E-state index contributed by atoms with van der Waals surface area (Å²) in [4.78, 5) is 4.44. The normalized spacial score (nSPS) is 12.5. The third kappa shape index (κ3) is 4.07. The van der Waals surface area contributed by atoms with Crippen LogP contribution in [-0.4, -0.2) is 12.8 Å². The summed E-state index contributed by atoms with van der Waals surface area (Å²) in [6.45, 7) is 2.08. The van der Waals surface area contributed by atoms with Crippen molar-refractivity contribution < 1.29 is 0 Å². The second-order valence-electron chi connectivity index (χ2n) is 5.96. The first-order valence-electron chi connectivity index (χ1n) is 8.85. The molecular formula is C25H23N. The van der Waals surface area contributed by atoms with Crippen LogP contribution in [-0.2, 0) is 0 Å². The lowest BCUT2D eigenvalue weighted by atomic mass is 9.93. The molecular weight excluding hydrogens is 314 g/mol. The van der Waals surface area contributed by atoms with Crippen LogP contribution in [0.3, 0.4) is 0 Å². The van der Waals surface area contributed by atoms with Crippen molar-refractivity contribution in [2.45, 2.75) is 6.92 Å². The number of allylic oxidation sites excluding steroid dienone is 4. The highest BCUT2D eigenvalue weighted by atomic mass is 14.7. The van der Waals surface area contributed by atoms with Crippen molar-refractivity contribution in [3.05, 3.63) is 114 Å². The van der Waals surface area contributed by atoms with Crippen LogP contribution in [0.1, 0.15) is 18.1 Å². The minimum atomic E-state index is 0.974. The molecule has 0 aliphatic heterocycles. The first-order chi connectivity index (χ1) is 12.8. The van der Waals surface area contributed by atoms with Crippen LogP contribution in [0.5, 0.6) is 0 Å². The molecule has 0 atom stereocenters. The van der Waals surface area contributed by atoms with Gasteiger partial charge < -0.3 is 0 Å². The Hall–Kier alpha value is -3.19. The SMILES string of the molecule is C/C=C(\C=C/C(=NC)c1ccccc1)c1ccccc1-c1ccccc1. The van der Waals surface area contributed by atoms with Crippen LogP contribution in [0.4, 0.5) is 0 Å². The zero-order chi connectivity index (χ0) is 18.2. The van der Waals surface area contributed by atoms with Crippen LogP contribution >= 0.6 is 0 Å². The van der Waals surface area contributed by atoms with E-state index in [2.05, 4.69) is 90.8 Å². The quantitative estimate of drug-likeness (QED) is 0.375. The Morgan fingerprint density at radius 2 is 1.35 bits per heavy atom. The molecule has 0 N–H and O–H groups in total. The van der Waals surface area contributed by atoms with Crippen molar-refractivity contribution >= 4 is 11.3 Å². The lowest BCUT2D eigenvalue weighted by Crippen LogP contribution is -1.96. The molecule has 0 heterocycles. The Balaban J connectivity index is 1.96. The molecule has 0 fully saturated rings. The summed E-state index contributed by atoms with van der Waals surface area (Å²) >= 11 is 0. The molecule has 0 aliphatic carbocycles. The Kier molecular flexibility index (Phi) is 5.95. The minimum absolute atomic E-state index is 0.974. The summed E-state index contributed by atoms with van der Waals surface area (Å²) in [5.41, 5.74) is 6.96. The molecule has 0 aliphatic rings. The number of benzene rings is 3. The summed E-state index contributed by atoms with van der Waals surface area (Å²) < 4.78 is 0. The van der Waals surface area contributed by atoms with E-state index < -0.39 is 0 Å². The third-order valence-corrected chi connectivity index (χ3v) is 4.37. The van der Waals surface area contributed by atoms with Gasteiger partial charge >= 0.3 is 0 Å². The number of aliphatic imine (C=N–C) groups is 1. The molecule has 0 aromatic heterocycles. The molecule has 0 spiro atoms. The van der Waals surface area contributed by atoms with Gasteiger partial charge in [0.05, 0.1) is 5.71 Å². The lowest BCUT2D eigenvalue weighted by molar-refractivity contribution is 1.43. The van der Waals surface area contributed by atoms with E-state index in [0.717, 1.165) is 11.3 Å². The maximum absolute atomic E-state index is 4.44. The van der Waals surface area contributed by atoms with Gasteiger partial charge in [0.1, 0.15) is 0 Å². The summed E-state index contributed by atoms with van der Waals surface area (Å²) in [5, 5.41) is 0. The Labute approximate surface area is 156 Å². The standard InChI is InChI=1S/C25H23N/c1-3-20(18-19-25(26-2)22-14-8-5-9-15-22)23-16-10-11-17-24(23)21-12-6-4-7-13-21/h3-19H,1-2H3/b19-18-,20-3+,26-25?. The van der Waals surface area contributed by atoms with Crippen molar-refractivity contribution in [2.24, 2.45) is 4.99 Å². The predicted molar refractivity (Wildman–Crippen MR) is 114 cm³/mol. The van der Waals surface area contributed by atoms with E-state index in [-0.39, 0.29) is 0 Å². The van der Waals surface area contributed by atoms with Crippen LogP contribution in [0, 0.1) is 0 Å². The molecule has 3 aromatic rings. The highest BCUT2D eigenvalue weighted by molar-refractivity contribution is 6.09. The van der Waals surface area contributed by atoms with E-state index in [9.17, 15) is 0 Å². The van der Waals surface area contributed by atoms with Gasteiger partial charge in [-0.1, -0.05) is 97.1 Å². The molecule has 0 unspecified atom stereocenters. The van der Waals surface area contributed by atoms with Gasteiger partial charge in [0, 0.05) is 7.05 Å². The zero-order valence-corrected chi connectivity index (χ0v) is 15.3. The van der Waals surface area contributed by atoms with Crippen molar-refractivity contribution in [2.75, 3.05) is 7.05 Å². The first-order valence-corrected chi connectivity index (χ1v) is 8.85. The van der Waals surface area contributed by atoms with Gasteiger partial charge in [-0.25, -0.2) is 0 Å². The van der Waals surface area contributed by atoms with Gasteiger partial charge in [-0.15, -0.1) is 0 Å². The highest BCUT2D eigenvalue weighted by Crippen LogP contribution is 2.29. The largest absolute Gasteiger partial charge is 0.288 e. The van der Waals surface area contributed by atoms with Crippen LogP contribution in [0.25, 0.3) is 16.7 Å². The van der Waals surface area contributed by atoms with Gasteiger partial charge in [0.25, 0.3) is 0 Å². The Bertz CT molecular complexity index is 932. The van der Waals surface area contributed by atoms with Crippen LogP contribution < -0.4 is 0 Å². The van der Waals surface area contributed by atoms with Gasteiger partial charge in [-0.3, -0.25) is 4.99 Å². The van der Waals surface area contributed by atoms with Gasteiger partial charge in [0.15, 0.2) is 0 Å². The highest BCUT2D eigenvalue weighted by Gasteiger charge is 2.07. The molecule has 0 radical (unpaired) electrons. The average Bonchev–Trinajstić information content (AvgIpc) is 2.73. The Morgan fingerprint density at radius 1 is 0.731 bits per heavy atom. The van der Waals surface area contributed by atoms with E-state index in [4.69, 9.17) is 0 Å². The number of rotatable bonds is 5. The van der Waals surface area contributed by atoms with Crippen molar-refractivity contribution in [1.29, 1.82) is 0 Å². The van der Waals surface area contributed by atoms with E-state index in [1.54, 1.807) is 0 Å². The molecule has 26 heavy (non-hydrogen) atoms. The number of hydrogen-bond acceptors (Lipinski definition) is 1. The molecule has 3 rings (SSSR count). The molecule has 1 nitrogen and oxygen atoms in total. The van der Waals surface area contributed by atoms with Crippen molar-refractivity contribution in [3.8, 4) is 11.1 Å². The summed E-state index contributed by atoms with van der Waals surface area (Å²) in [7, 11) is 1.83. The number of hydrogen-bond donors (Lipinski definition) is 0.